The van der Waals surface area contributed by atoms with E-state index in [0.29, 0.717) is 13.0 Å². The molecule has 6 heteroatoms. The Morgan fingerprint density at radius 3 is 2.62 bits per heavy atom. The van der Waals surface area contributed by atoms with Gasteiger partial charge >= 0.3 is 0 Å². The van der Waals surface area contributed by atoms with Crippen LogP contribution in [0.2, 0.25) is 0 Å². The Bertz CT molecular complexity index is 1210. The largest absolute Gasteiger partial charge is 0.349 e. The van der Waals surface area contributed by atoms with Crippen LogP contribution in [0.5, 0.6) is 0 Å². The summed E-state index contributed by atoms with van der Waals surface area (Å²) in [4.78, 5) is 12.5. The maximum Gasteiger partial charge on any atom is 0.230 e. The summed E-state index contributed by atoms with van der Waals surface area (Å²) in [5, 5.41) is 15.0. The molecule has 0 radical (unpaired) electrons. The van der Waals surface area contributed by atoms with Gasteiger partial charge in [-0.2, -0.15) is 0 Å². The van der Waals surface area contributed by atoms with Crippen LogP contribution < -0.4 is 5.32 Å². The second kappa shape index (κ2) is 10.3. The summed E-state index contributed by atoms with van der Waals surface area (Å²) in [6.07, 6.45) is 2.50. The summed E-state index contributed by atoms with van der Waals surface area (Å²) in [7, 11) is 0. The third-order valence-electron chi connectivity index (χ3n) is 5.34. The first-order valence-corrected chi connectivity index (χ1v) is 11.6. The number of carbonyl (C=O) groups excluding carboxylic acids is 1. The average Bonchev–Trinajstić information content (AvgIpc) is 3.20. The molecule has 1 aromatic heterocycles. The third-order valence-corrected chi connectivity index (χ3v) is 6.31. The molecule has 0 aliphatic heterocycles. The number of hydrogen-bond donors (Lipinski definition) is 1. The molecule has 0 bridgehead atoms. The molecule has 0 aliphatic carbocycles. The minimum absolute atomic E-state index is 0.0323. The van der Waals surface area contributed by atoms with E-state index in [0.717, 1.165) is 16.5 Å². The molecule has 1 amide bonds. The van der Waals surface area contributed by atoms with E-state index >= 15 is 0 Å². The molecule has 4 rings (SSSR count). The first kappa shape index (κ1) is 21.8. The van der Waals surface area contributed by atoms with Crippen molar-refractivity contribution in [1.29, 1.82) is 0 Å². The molecule has 1 N–H and O–H groups in total. The predicted octanol–water partition coefficient (Wildman–Crippen LogP) is 5.18. The lowest BCUT2D eigenvalue weighted by Gasteiger charge is -2.14. The smallest absolute Gasteiger partial charge is 0.230 e. The highest BCUT2D eigenvalue weighted by molar-refractivity contribution is 7.99. The van der Waals surface area contributed by atoms with Gasteiger partial charge < -0.3 is 9.88 Å². The quantitative estimate of drug-likeness (QED) is 0.287. The van der Waals surface area contributed by atoms with E-state index in [9.17, 15) is 4.79 Å². The van der Waals surface area contributed by atoms with Crippen molar-refractivity contribution in [2.45, 2.75) is 31.1 Å². The summed E-state index contributed by atoms with van der Waals surface area (Å²) in [5.41, 5.74) is 2.28. The molecule has 4 aromatic rings. The second-order valence-electron chi connectivity index (χ2n) is 7.60. The van der Waals surface area contributed by atoms with E-state index in [4.69, 9.17) is 0 Å². The maximum absolute atomic E-state index is 12.5. The molecule has 0 saturated heterocycles. The standard InChI is InChI=1S/C26H26N4OS/c1-3-16-30-24(17-22-14-9-13-21-12-7-8-15-23(21)22)28-29-26(30)32-18-25(31)27-19(2)20-10-5-4-6-11-20/h3-15,19H,1,16-18H2,2H3,(H,27,31)/t19-/m0/s1. The zero-order chi connectivity index (χ0) is 22.3. The number of carbonyl (C=O) groups is 1. The van der Waals surface area contributed by atoms with Gasteiger partial charge in [-0.3, -0.25) is 4.79 Å². The van der Waals surface area contributed by atoms with Crippen LogP contribution in [-0.4, -0.2) is 26.4 Å². The molecular formula is C26H26N4OS. The first-order chi connectivity index (χ1) is 15.7. The number of hydrogen-bond acceptors (Lipinski definition) is 4. The summed E-state index contributed by atoms with van der Waals surface area (Å²) in [6, 6.07) is 24.6. The lowest BCUT2D eigenvalue weighted by molar-refractivity contribution is -0.119. The highest BCUT2D eigenvalue weighted by Gasteiger charge is 2.16. The number of nitrogens with one attached hydrogen (secondary N) is 1. The first-order valence-electron chi connectivity index (χ1n) is 10.6. The van der Waals surface area contributed by atoms with Crippen molar-refractivity contribution in [3.8, 4) is 0 Å². The minimum Gasteiger partial charge on any atom is -0.349 e. The van der Waals surface area contributed by atoms with Gasteiger partial charge in [-0.15, -0.1) is 16.8 Å². The van der Waals surface area contributed by atoms with Crippen LogP contribution in [0, 0.1) is 0 Å². The van der Waals surface area contributed by atoms with Crippen molar-refractivity contribution in [3.05, 3.63) is 102 Å². The molecular weight excluding hydrogens is 416 g/mol. The van der Waals surface area contributed by atoms with Crippen LogP contribution >= 0.6 is 11.8 Å². The maximum atomic E-state index is 12.5. The number of thioether (sulfide) groups is 1. The summed E-state index contributed by atoms with van der Waals surface area (Å²) in [6.45, 7) is 6.46. The topological polar surface area (TPSA) is 59.8 Å². The zero-order valence-corrected chi connectivity index (χ0v) is 18.9. The minimum atomic E-state index is -0.0442. The van der Waals surface area contributed by atoms with Crippen molar-refractivity contribution in [1.82, 2.24) is 20.1 Å². The molecule has 0 fully saturated rings. The molecule has 1 heterocycles. The van der Waals surface area contributed by atoms with Gasteiger partial charge in [0, 0.05) is 13.0 Å². The molecule has 0 spiro atoms. The van der Waals surface area contributed by atoms with Crippen molar-refractivity contribution in [2.24, 2.45) is 0 Å². The number of allylic oxidation sites excluding steroid dienone is 1. The van der Waals surface area contributed by atoms with E-state index < -0.39 is 0 Å². The summed E-state index contributed by atoms with van der Waals surface area (Å²) >= 11 is 1.40. The second-order valence-corrected chi connectivity index (χ2v) is 8.54. The van der Waals surface area contributed by atoms with Crippen LogP contribution in [0.3, 0.4) is 0 Å². The van der Waals surface area contributed by atoms with Gasteiger partial charge in [-0.1, -0.05) is 90.6 Å². The fraction of sp³-hybridized carbons (Fsp3) is 0.192. The number of benzene rings is 3. The number of fused-ring (bicyclic) bond motifs is 1. The predicted molar refractivity (Wildman–Crippen MR) is 131 cm³/mol. The molecule has 162 valence electrons. The van der Waals surface area contributed by atoms with Crippen molar-refractivity contribution < 1.29 is 4.79 Å². The molecule has 0 aliphatic rings. The van der Waals surface area contributed by atoms with Gasteiger partial charge in [-0.05, 0) is 28.8 Å². The van der Waals surface area contributed by atoms with Gasteiger partial charge in [0.2, 0.25) is 5.91 Å². The van der Waals surface area contributed by atoms with Gasteiger partial charge in [0.1, 0.15) is 5.82 Å². The van der Waals surface area contributed by atoms with Crippen molar-refractivity contribution in [2.75, 3.05) is 5.75 Å². The van der Waals surface area contributed by atoms with E-state index in [1.54, 1.807) is 0 Å². The van der Waals surface area contributed by atoms with Crippen LogP contribution in [0.15, 0.2) is 90.6 Å². The van der Waals surface area contributed by atoms with Gasteiger partial charge in [-0.25, -0.2) is 0 Å². The number of nitrogens with zero attached hydrogens (tertiary/aromatic N) is 3. The summed E-state index contributed by atoms with van der Waals surface area (Å²) in [5.74, 6) is 1.11. The number of amides is 1. The van der Waals surface area contributed by atoms with E-state index in [2.05, 4.69) is 58.5 Å². The average molecular weight is 443 g/mol. The van der Waals surface area contributed by atoms with Crippen molar-refractivity contribution >= 4 is 28.4 Å². The molecule has 5 nitrogen and oxygen atoms in total. The monoisotopic (exact) mass is 442 g/mol. The van der Waals surface area contributed by atoms with Gasteiger partial charge in [0.25, 0.3) is 0 Å². The fourth-order valence-electron chi connectivity index (χ4n) is 3.72. The molecule has 1 atom stereocenters. The Morgan fingerprint density at radius 1 is 1.06 bits per heavy atom. The lowest BCUT2D eigenvalue weighted by atomic mass is 10.0. The van der Waals surface area contributed by atoms with Crippen LogP contribution in [0.25, 0.3) is 10.8 Å². The van der Waals surface area contributed by atoms with E-state index in [-0.39, 0.29) is 17.7 Å². The Hall–Kier alpha value is -3.38. The van der Waals surface area contributed by atoms with E-state index in [1.807, 2.05) is 54.0 Å². The zero-order valence-electron chi connectivity index (χ0n) is 18.1. The molecule has 0 saturated carbocycles. The van der Waals surface area contributed by atoms with Crippen LogP contribution in [0.1, 0.15) is 29.9 Å². The highest BCUT2D eigenvalue weighted by Crippen LogP contribution is 2.23. The normalized spacial score (nSPS) is 11.9. The Balaban J connectivity index is 1.46. The highest BCUT2D eigenvalue weighted by atomic mass is 32.2. The van der Waals surface area contributed by atoms with Crippen LogP contribution in [-0.2, 0) is 17.8 Å². The molecule has 0 unspecified atom stereocenters. The number of aromatic nitrogens is 3. The Labute approximate surface area is 192 Å². The molecule has 3 aromatic carbocycles. The Kier molecular flexibility index (Phi) is 7.02. The van der Waals surface area contributed by atoms with Crippen molar-refractivity contribution in [3.63, 3.8) is 0 Å². The lowest BCUT2D eigenvalue weighted by Crippen LogP contribution is -2.28. The SMILES string of the molecule is C=CCn1c(Cc2cccc3ccccc23)nnc1SCC(=O)N[C@@H](C)c1ccccc1. The number of rotatable bonds is 9. The third kappa shape index (κ3) is 5.08. The summed E-state index contributed by atoms with van der Waals surface area (Å²) < 4.78 is 2.04. The van der Waals surface area contributed by atoms with Gasteiger partial charge in [0.05, 0.1) is 11.8 Å². The Morgan fingerprint density at radius 2 is 1.81 bits per heavy atom. The van der Waals surface area contributed by atoms with E-state index in [1.165, 1.54) is 28.1 Å². The van der Waals surface area contributed by atoms with Gasteiger partial charge in [0.15, 0.2) is 5.16 Å². The molecule has 32 heavy (non-hydrogen) atoms. The van der Waals surface area contributed by atoms with Crippen LogP contribution in [0.4, 0.5) is 0 Å². The fourth-order valence-corrected chi connectivity index (χ4v) is 4.50.